The van der Waals surface area contributed by atoms with E-state index in [0.29, 0.717) is 17.8 Å². The molecule has 1 heterocycles. The van der Waals surface area contributed by atoms with Gasteiger partial charge in [-0.3, -0.25) is 0 Å². The van der Waals surface area contributed by atoms with Gasteiger partial charge < -0.3 is 10.7 Å². The van der Waals surface area contributed by atoms with Gasteiger partial charge in [0, 0.05) is 12.5 Å². The third kappa shape index (κ3) is 2.44. The number of nitrogens with one attached hydrogen (secondary N) is 1. The number of halogens is 2. The number of hydrogen-bond acceptors (Lipinski definition) is 2. The number of rotatable bonds is 4. The fourth-order valence-electron chi connectivity index (χ4n) is 1.89. The highest BCUT2D eigenvalue weighted by Gasteiger charge is 2.13. The molecule has 2 aromatic rings. The molecule has 0 amide bonds. The Bertz CT molecular complexity index is 522. The molecule has 0 aliphatic carbocycles. The summed E-state index contributed by atoms with van der Waals surface area (Å²) < 4.78 is 26.4. The van der Waals surface area contributed by atoms with Crippen LogP contribution in [0.5, 0.6) is 0 Å². The summed E-state index contributed by atoms with van der Waals surface area (Å²) in [5, 5.41) is 0. The van der Waals surface area contributed by atoms with Crippen LogP contribution in [-0.2, 0) is 6.42 Å². The van der Waals surface area contributed by atoms with E-state index in [9.17, 15) is 8.78 Å². The standard InChI is InChI=1S/C12H15F2N3/c1-2-3-7(15)6-10-16-9-5-4-8(13)11(14)12(9)17-10/h4-5,7H,2-3,6,15H2,1H3,(H,16,17). The lowest BCUT2D eigenvalue weighted by Gasteiger charge is -2.06. The van der Waals surface area contributed by atoms with Crippen LogP contribution < -0.4 is 5.73 Å². The Kier molecular flexibility index (Phi) is 3.38. The van der Waals surface area contributed by atoms with Gasteiger partial charge in [0.25, 0.3) is 0 Å². The largest absolute Gasteiger partial charge is 0.342 e. The van der Waals surface area contributed by atoms with E-state index >= 15 is 0 Å². The molecule has 0 spiro atoms. The number of nitrogens with two attached hydrogens (primary N) is 1. The maximum atomic E-state index is 13.4. The van der Waals surface area contributed by atoms with Crippen LogP contribution in [0.2, 0.25) is 0 Å². The lowest BCUT2D eigenvalue weighted by Crippen LogP contribution is -2.22. The highest BCUT2D eigenvalue weighted by molar-refractivity contribution is 5.75. The second-order valence-corrected chi connectivity index (χ2v) is 4.19. The van der Waals surface area contributed by atoms with Gasteiger partial charge in [0.05, 0.1) is 5.52 Å². The van der Waals surface area contributed by atoms with Crippen molar-refractivity contribution < 1.29 is 8.78 Å². The number of aromatic nitrogens is 2. The van der Waals surface area contributed by atoms with Crippen molar-refractivity contribution in [3.63, 3.8) is 0 Å². The highest BCUT2D eigenvalue weighted by Crippen LogP contribution is 2.18. The van der Waals surface area contributed by atoms with Crippen LogP contribution in [-0.4, -0.2) is 16.0 Å². The predicted molar refractivity (Wildman–Crippen MR) is 62.6 cm³/mol. The molecule has 2 rings (SSSR count). The molecule has 92 valence electrons. The van der Waals surface area contributed by atoms with Crippen LogP contribution in [0.3, 0.4) is 0 Å². The van der Waals surface area contributed by atoms with Crippen molar-refractivity contribution in [3.8, 4) is 0 Å². The Morgan fingerprint density at radius 2 is 2.18 bits per heavy atom. The first-order valence-corrected chi connectivity index (χ1v) is 5.70. The molecule has 0 bridgehead atoms. The van der Waals surface area contributed by atoms with Crippen molar-refractivity contribution in [2.45, 2.75) is 32.2 Å². The molecule has 1 unspecified atom stereocenters. The molecule has 5 heteroatoms. The van der Waals surface area contributed by atoms with E-state index in [-0.39, 0.29) is 11.6 Å². The molecular formula is C12H15F2N3. The average Bonchev–Trinajstić information content (AvgIpc) is 2.67. The summed E-state index contributed by atoms with van der Waals surface area (Å²) in [6, 6.07) is 2.56. The molecule has 0 saturated carbocycles. The van der Waals surface area contributed by atoms with E-state index in [0.717, 1.165) is 18.9 Å². The number of benzene rings is 1. The monoisotopic (exact) mass is 239 g/mol. The molecule has 0 fully saturated rings. The molecule has 0 aliphatic heterocycles. The van der Waals surface area contributed by atoms with Crippen molar-refractivity contribution in [2.24, 2.45) is 5.73 Å². The summed E-state index contributed by atoms with van der Waals surface area (Å²) in [5.74, 6) is -1.19. The highest BCUT2D eigenvalue weighted by atomic mass is 19.2. The maximum absolute atomic E-state index is 13.4. The van der Waals surface area contributed by atoms with Crippen molar-refractivity contribution in [3.05, 3.63) is 29.6 Å². The molecule has 1 atom stereocenters. The topological polar surface area (TPSA) is 54.7 Å². The number of nitrogens with zero attached hydrogens (tertiary/aromatic N) is 1. The lowest BCUT2D eigenvalue weighted by atomic mass is 10.1. The van der Waals surface area contributed by atoms with Crippen molar-refractivity contribution in [2.75, 3.05) is 0 Å². The second kappa shape index (κ2) is 4.79. The fraction of sp³-hybridized carbons (Fsp3) is 0.417. The van der Waals surface area contributed by atoms with Crippen LogP contribution in [0, 0.1) is 11.6 Å². The molecule has 1 aromatic heterocycles. The van der Waals surface area contributed by atoms with E-state index in [2.05, 4.69) is 9.97 Å². The third-order valence-electron chi connectivity index (χ3n) is 2.71. The summed E-state index contributed by atoms with van der Waals surface area (Å²) in [4.78, 5) is 7.00. The van der Waals surface area contributed by atoms with Gasteiger partial charge >= 0.3 is 0 Å². The molecule has 0 radical (unpaired) electrons. The first-order chi connectivity index (χ1) is 8.11. The zero-order valence-corrected chi connectivity index (χ0v) is 9.63. The maximum Gasteiger partial charge on any atom is 0.186 e. The minimum absolute atomic E-state index is 0.00605. The predicted octanol–water partition coefficient (Wildman–Crippen LogP) is 2.51. The molecular weight excluding hydrogens is 224 g/mol. The average molecular weight is 239 g/mol. The molecule has 0 saturated heterocycles. The van der Waals surface area contributed by atoms with Gasteiger partial charge in [0.1, 0.15) is 11.3 Å². The Morgan fingerprint density at radius 3 is 2.88 bits per heavy atom. The van der Waals surface area contributed by atoms with Gasteiger partial charge in [-0.15, -0.1) is 0 Å². The minimum atomic E-state index is -0.908. The third-order valence-corrected chi connectivity index (χ3v) is 2.71. The molecule has 3 nitrogen and oxygen atoms in total. The first-order valence-electron chi connectivity index (χ1n) is 5.70. The van der Waals surface area contributed by atoms with Gasteiger partial charge in [-0.25, -0.2) is 13.8 Å². The van der Waals surface area contributed by atoms with E-state index in [4.69, 9.17) is 5.73 Å². The summed E-state index contributed by atoms with van der Waals surface area (Å²) in [5.41, 5.74) is 6.43. The normalized spacial score (nSPS) is 13.2. The van der Waals surface area contributed by atoms with Crippen molar-refractivity contribution in [1.82, 2.24) is 9.97 Å². The molecule has 3 N–H and O–H groups in total. The second-order valence-electron chi connectivity index (χ2n) is 4.19. The zero-order chi connectivity index (χ0) is 12.4. The fourth-order valence-corrected chi connectivity index (χ4v) is 1.89. The number of imidazole rings is 1. The van der Waals surface area contributed by atoms with Gasteiger partial charge in [0.15, 0.2) is 11.6 Å². The Morgan fingerprint density at radius 1 is 1.41 bits per heavy atom. The number of fused-ring (bicyclic) bond motifs is 1. The van der Waals surface area contributed by atoms with Gasteiger partial charge in [-0.1, -0.05) is 13.3 Å². The quantitative estimate of drug-likeness (QED) is 0.861. The van der Waals surface area contributed by atoms with Crippen LogP contribution in [0.25, 0.3) is 11.0 Å². The van der Waals surface area contributed by atoms with Gasteiger partial charge in [0.2, 0.25) is 0 Å². The Hall–Kier alpha value is -1.49. The van der Waals surface area contributed by atoms with E-state index in [1.807, 2.05) is 6.92 Å². The van der Waals surface area contributed by atoms with E-state index in [1.54, 1.807) is 0 Å². The summed E-state index contributed by atoms with van der Waals surface area (Å²) in [6.45, 7) is 2.05. The minimum Gasteiger partial charge on any atom is -0.342 e. The lowest BCUT2D eigenvalue weighted by molar-refractivity contribution is 0.515. The van der Waals surface area contributed by atoms with E-state index < -0.39 is 11.6 Å². The smallest absolute Gasteiger partial charge is 0.186 e. The number of H-pyrrole nitrogens is 1. The molecule has 1 aromatic carbocycles. The van der Waals surface area contributed by atoms with Crippen LogP contribution in [0.15, 0.2) is 12.1 Å². The van der Waals surface area contributed by atoms with Gasteiger partial charge in [-0.05, 0) is 18.6 Å². The summed E-state index contributed by atoms with van der Waals surface area (Å²) in [6.07, 6.45) is 2.42. The number of hydrogen-bond donors (Lipinski definition) is 2. The Labute approximate surface area is 98.0 Å². The SMILES string of the molecule is CCCC(N)Cc1nc2c(F)c(F)ccc2[nH]1. The summed E-state index contributed by atoms with van der Waals surface area (Å²) >= 11 is 0. The molecule has 17 heavy (non-hydrogen) atoms. The van der Waals surface area contributed by atoms with Crippen molar-refractivity contribution in [1.29, 1.82) is 0 Å². The first kappa shape index (κ1) is 12.0. The van der Waals surface area contributed by atoms with E-state index in [1.165, 1.54) is 6.07 Å². The molecule has 0 aliphatic rings. The zero-order valence-electron chi connectivity index (χ0n) is 9.63. The van der Waals surface area contributed by atoms with Crippen LogP contribution in [0.1, 0.15) is 25.6 Å². The van der Waals surface area contributed by atoms with Gasteiger partial charge in [-0.2, -0.15) is 0 Å². The van der Waals surface area contributed by atoms with Crippen LogP contribution in [0.4, 0.5) is 8.78 Å². The van der Waals surface area contributed by atoms with Crippen molar-refractivity contribution >= 4 is 11.0 Å². The number of aromatic amines is 1. The summed E-state index contributed by atoms with van der Waals surface area (Å²) in [7, 11) is 0. The Balaban J connectivity index is 2.29. The van der Waals surface area contributed by atoms with Crippen LogP contribution >= 0.6 is 0 Å².